The number of rotatable bonds is 4. The molecule has 0 unspecified atom stereocenters. The molecule has 1 N–H and O–H groups in total. The summed E-state index contributed by atoms with van der Waals surface area (Å²) in [6, 6.07) is 13.2. The molecule has 0 fully saturated rings. The lowest BCUT2D eigenvalue weighted by atomic mass is 10.1. The summed E-state index contributed by atoms with van der Waals surface area (Å²) in [4.78, 5) is 0. The molecule has 18 heavy (non-hydrogen) atoms. The highest BCUT2D eigenvalue weighted by atomic mass is 79.9. The Balaban J connectivity index is 2.08. The Morgan fingerprint density at radius 3 is 2.78 bits per heavy atom. The first-order chi connectivity index (χ1) is 8.69. The van der Waals surface area contributed by atoms with Gasteiger partial charge < -0.3 is 5.32 Å². The molecule has 0 saturated heterocycles. The highest BCUT2D eigenvalue weighted by molar-refractivity contribution is 9.10. The van der Waals surface area contributed by atoms with Crippen molar-refractivity contribution >= 4 is 21.6 Å². The minimum atomic E-state index is -0.183. The van der Waals surface area contributed by atoms with E-state index in [0.29, 0.717) is 12.1 Å². The molecule has 2 rings (SSSR count). The molecule has 3 heteroatoms. The largest absolute Gasteiger partial charge is 0.381 e. The average molecular weight is 308 g/mol. The molecule has 0 aliphatic rings. The van der Waals surface area contributed by atoms with Gasteiger partial charge in [0.05, 0.1) is 0 Å². The molecule has 0 aliphatic heterocycles. The Morgan fingerprint density at radius 1 is 1.17 bits per heavy atom. The van der Waals surface area contributed by atoms with Crippen LogP contribution in [0.3, 0.4) is 0 Å². The maximum absolute atomic E-state index is 13.6. The summed E-state index contributed by atoms with van der Waals surface area (Å²) in [7, 11) is 0. The average Bonchev–Trinajstić information content (AvgIpc) is 2.40. The van der Waals surface area contributed by atoms with Crippen molar-refractivity contribution in [1.29, 1.82) is 0 Å². The highest BCUT2D eigenvalue weighted by Crippen LogP contribution is 2.18. The van der Waals surface area contributed by atoms with Crippen LogP contribution in [0.5, 0.6) is 0 Å². The van der Waals surface area contributed by atoms with Crippen molar-refractivity contribution in [1.82, 2.24) is 0 Å². The van der Waals surface area contributed by atoms with E-state index in [1.54, 1.807) is 12.1 Å². The molecule has 0 spiro atoms. The minimum absolute atomic E-state index is 0.183. The van der Waals surface area contributed by atoms with Crippen molar-refractivity contribution in [2.45, 2.75) is 19.9 Å². The van der Waals surface area contributed by atoms with E-state index < -0.39 is 0 Å². The van der Waals surface area contributed by atoms with Crippen LogP contribution in [0.1, 0.15) is 18.1 Å². The van der Waals surface area contributed by atoms with Gasteiger partial charge in [0.15, 0.2) is 0 Å². The van der Waals surface area contributed by atoms with E-state index in [1.807, 2.05) is 12.1 Å². The van der Waals surface area contributed by atoms with Crippen molar-refractivity contribution in [3.05, 3.63) is 63.9 Å². The number of nitrogens with one attached hydrogen (secondary N) is 1. The zero-order chi connectivity index (χ0) is 13.0. The molecule has 0 heterocycles. The SMILES string of the molecule is CCc1cccc(NCc2cc(Br)ccc2F)c1. The van der Waals surface area contributed by atoms with Crippen LogP contribution < -0.4 is 5.32 Å². The predicted octanol–water partition coefficient (Wildman–Crippen LogP) is 4.76. The van der Waals surface area contributed by atoms with Crippen molar-refractivity contribution in [3.63, 3.8) is 0 Å². The second-order valence-corrected chi connectivity index (χ2v) is 5.06. The van der Waals surface area contributed by atoms with Gasteiger partial charge >= 0.3 is 0 Å². The summed E-state index contributed by atoms with van der Waals surface area (Å²) in [5.74, 6) is -0.183. The van der Waals surface area contributed by atoms with Crippen LogP contribution in [-0.2, 0) is 13.0 Å². The molecule has 0 aliphatic carbocycles. The maximum atomic E-state index is 13.6. The van der Waals surface area contributed by atoms with Gasteiger partial charge in [0.25, 0.3) is 0 Å². The van der Waals surface area contributed by atoms with E-state index in [2.05, 4.69) is 40.3 Å². The second-order valence-electron chi connectivity index (χ2n) is 4.14. The summed E-state index contributed by atoms with van der Waals surface area (Å²) >= 11 is 3.35. The van der Waals surface area contributed by atoms with Crippen molar-refractivity contribution < 1.29 is 4.39 Å². The Morgan fingerprint density at radius 2 is 2.00 bits per heavy atom. The van der Waals surface area contributed by atoms with E-state index in [9.17, 15) is 4.39 Å². The number of benzene rings is 2. The number of halogens is 2. The van der Waals surface area contributed by atoms with E-state index in [0.717, 1.165) is 16.6 Å². The van der Waals surface area contributed by atoms with Gasteiger partial charge in [0.1, 0.15) is 5.82 Å². The first-order valence-electron chi connectivity index (χ1n) is 5.96. The fourth-order valence-electron chi connectivity index (χ4n) is 1.78. The molecule has 1 nitrogen and oxygen atoms in total. The Labute approximate surface area is 115 Å². The summed E-state index contributed by atoms with van der Waals surface area (Å²) in [5, 5.41) is 3.24. The summed E-state index contributed by atoms with van der Waals surface area (Å²) in [6.45, 7) is 2.60. The summed E-state index contributed by atoms with van der Waals surface area (Å²) < 4.78 is 14.4. The lowest BCUT2D eigenvalue weighted by molar-refractivity contribution is 0.612. The zero-order valence-electron chi connectivity index (χ0n) is 10.2. The molecule has 0 radical (unpaired) electrons. The van der Waals surface area contributed by atoms with Gasteiger partial charge in [-0.2, -0.15) is 0 Å². The van der Waals surface area contributed by atoms with Crippen molar-refractivity contribution in [3.8, 4) is 0 Å². The first kappa shape index (κ1) is 13.1. The monoisotopic (exact) mass is 307 g/mol. The molecule has 2 aromatic carbocycles. The lowest BCUT2D eigenvalue weighted by Crippen LogP contribution is -2.02. The molecule has 0 atom stereocenters. The fourth-order valence-corrected chi connectivity index (χ4v) is 2.19. The van der Waals surface area contributed by atoms with Crippen LogP contribution in [0, 0.1) is 5.82 Å². The summed E-state index contributed by atoms with van der Waals surface area (Å²) in [5.41, 5.74) is 2.95. The highest BCUT2D eigenvalue weighted by Gasteiger charge is 2.02. The number of hydrogen-bond acceptors (Lipinski definition) is 1. The minimum Gasteiger partial charge on any atom is -0.381 e. The van der Waals surface area contributed by atoms with E-state index in [-0.39, 0.29) is 5.82 Å². The van der Waals surface area contributed by atoms with Crippen LogP contribution in [0.15, 0.2) is 46.9 Å². The fraction of sp³-hybridized carbons (Fsp3) is 0.200. The normalized spacial score (nSPS) is 10.4. The van der Waals surface area contributed by atoms with Crippen LogP contribution in [0.25, 0.3) is 0 Å². The van der Waals surface area contributed by atoms with Gasteiger partial charge in [-0.1, -0.05) is 35.0 Å². The van der Waals surface area contributed by atoms with E-state index in [1.165, 1.54) is 11.6 Å². The molecule has 0 saturated carbocycles. The molecule has 0 aromatic heterocycles. The number of aryl methyl sites for hydroxylation is 1. The third kappa shape index (κ3) is 3.33. The van der Waals surface area contributed by atoms with Gasteiger partial charge in [0.2, 0.25) is 0 Å². The van der Waals surface area contributed by atoms with Gasteiger partial charge in [-0.15, -0.1) is 0 Å². The van der Waals surface area contributed by atoms with Crippen LogP contribution in [0.4, 0.5) is 10.1 Å². The van der Waals surface area contributed by atoms with Gasteiger partial charge in [0, 0.05) is 22.3 Å². The van der Waals surface area contributed by atoms with E-state index >= 15 is 0 Å². The maximum Gasteiger partial charge on any atom is 0.128 e. The third-order valence-corrected chi connectivity index (χ3v) is 3.32. The number of hydrogen-bond donors (Lipinski definition) is 1. The smallest absolute Gasteiger partial charge is 0.128 e. The molecular weight excluding hydrogens is 293 g/mol. The molecule has 0 bridgehead atoms. The van der Waals surface area contributed by atoms with Crippen molar-refractivity contribution in [2.24, 2.45) is 0 Å². The Bertz CT molecular complexity index is 540. The van der Waals surface area contributed by atoms with Gasteiger partial charge in [-0.3, -0.25) is 0 Å². The summed E-state index contributed by atoms with van der Waals surface area (Å²) in [6.07, 6.45) is 1.00. The predicted molar refractivity (Wildman–Crippen MR) is 77.2 cm³/mol. The number of anilines is 1. The van der Waals surface area contributed by atoms with Crippen LogP contribution >= 0.6 is 15.9 Å². The first-order valence-corrected chi connectivity index (χ1v) is 6.75. The molecule has 94 valence electrons. The molecule has 0 amide bonds. The molecular formula is C15H15BrFN. The zero-order valence-corrected chi connectivity index (χ0v) is 11.8. The Hall–Kier alpha value is -1.35. The standard InChI is InChI=1S/C15H15BrFN/c1-2-11-4-3-5-14(8-11)18-10-12-9-13(16)6-7-15(12)17/h3-9,18H,2,10H2,1H3. The Kier molecular flexibility index (Phi) is 4.37. The lowest BCUT2D eigenvalue weighted by Gasteiger charge is -2.09. The van der Waals surface area contributed by atoms with Crippen LogP contribution in [-0.4, -0.2) is 0 Å². The van der Waals surface area contributed by atoms with Crippen molar-refractivity contribution in [2.75, 3.05) is 5.32 Å². The quantitative estimate of drug-likeness (QED) is 0.858. The van der Waals surface area contributed by atoms with Gasteiger partial charge in [-0.25, -0.2) is 4.39 Å². The van der Waals surface area contributed by atoms with E-state index in [4.69, 9.17) is 0 Å². The molecule has 2 aromatic rings. The third-order valence-electron chi connectivity index (χ3n) is 2.83. The van der Waals surface area contributed by atoms with Crippen LogP contribution in [0.2, 0.25) is 0 Å². The second kappa shape index (κ2) is 6.01. The van der Waals surface area contributed by atoms with Gasteiger partial charge in [-0.05, 0) is 42.3 Å². The topological polar surface area (TPSA) is 12.0 Å².